The lowest BCUT2D eigenvalue weighted by Gasteiger charge is -2.30. The average Bonchev–Trinajstić information content (AvgIpc) is 3.08. The lowest BCUT2D eigenvalue weighted by atomic mass is 9.78. The molecule has 2 aliphatic rings. The summed E-state index contributed by atoms with van der Waals surface area (Å²) in [5, 5.41) is 14.1. The van der Waals surface area contributed by atoms with Gasteiger partial charge in [-0.3, -0.25) is 9.59 Å². The molecule has 2 fully saturated rings. The van der Waals surface area contributed by atoms with Crippen molar-refractivity contribution in [1.29, 1.82) is 0 Å². The minimum absolute atomic E-state index is 0.0389. The fourth-order valence-corrected chi connectivity index (χ4v) is 4.02. The third-order valence-electron chi connectivity index (χ3n) is 5.05. The van der Waals surface area contributed by atoms with Gasteiger partial charge in [0.05, 0.1) is 0 Å². The number of carboxylic acids is 1. The van der Waals surface area contributed by atoms with E-state index >= 15 is 0 Å². The van der Waals surface area contributed by atoms with Gasteiger partial charge in [-0.25, -0.2) is 0 Å². The normalized spacial score (nSPS) is 29.3. The maximum Gasteiger partial charge on any atom is 0.228 e. The molecule has 0 heterocycles. The van der Waals surface area contributed by atoms with E-state index in [0.29, 0.717) is 11.3 Å². The number of ketones is 1. The number of aliphatic carboxylic acids is 1. The van der Waals surface area contributed by atoms with Gasteiger partial charge in [-0.05, 0) is 62.3 Å². The molecule has 1 N–H and O–H groups in total. The number of fused-ring (bicyclic) bond motifs is 2. The minimum Gasteiger partial charge on any atom is -0.550 e. The summed E-state index contributed by atoms with van der Waals surface area (Å²) in [7, 11) is 0. The number of Topliss-reactive ketones (excluding diaryl/α,β-unsaturated/α-hetero) is 1. The molecule has 5 heteroatoms. The van der Waals surface area contributed by atoms with E-state index in [1.54, 1.807) is 24.3 Å². The molecule has 1 aromatic carbocycles. The summed E-state index contributed by atoms with van der Waals surface area (Å²) in [6.07, 6.45) is 2.59. The molecule has 0 radical (unpaired) electrons. The summed E-state index contributed by atoms with van der Waals surface area (Å²) in [4.78, 5) is 35.1. The van der Waals surface area contributed by atoms with Gasteiger partial charge in [-0.2, -0.15) is 0 Å². The molecule has 2 aliphatic carbocycles. The Bertz CT molecular complexity index is 622. The Morgan fingerprint density at radius 3 is 2.18 bits per heavy atom. The largest absolute Gasteiger partial charge is 0.550 e. The molecule has 3 rings (SSSR count). The Morgan fingerprint density at radius 1 is 1.05 bits per heavy atom. The van der Waals surface area contributed by atoms with Crippen LogP contribution in [0.2, 0.25) is 0 Å². The maximum atomic E-state index is 12.5. The summed E-state index contributed by atoms with van der Waals surface area (Å²) in [6.45, 7) is 1.48. The third kappa shape index (κ3) is 2.51. The second-order valence-corrected chi connectivity index (χ2v) is 6.33. The van der Waals surface area contributed by atoms with Crippen LogP contribution in [0.1, 0.15) is 36.5 Å². The van der Waals surface area contributed by atoms with Gasteiger partial charge in [0.1, 0.15) is 0 Å². The Balaban J connectivity index is 1.73. The van der Waals surface area contributed by atoms with Gasteiger partial charge in [0.25, 0.3) is 0 Å². The highest BCUT2D eigenvalue weighted by molar-refractivity contribution is 5.97. The monoisotopic (exact) mass is 300 g/mol. The van der Waals surface area contributed by atoms with Crippen molar-refractivity contribution in [2.24, 2.45) is 23.7 Å². The zero-order valence-electron chi connectivity index (χ0n) is 12.4. The summed E-state index contributed by atoms with van der Waals surface area (Å²) in [5.41, 5.74) is 1.15. The average molecular weight is 300 g/mol. The number of hydrogen-bond donors (Lipinski definition) is 1. The quantitative estimate of drug-likeness (QED) is 0.848. The van der Waals surface area contributed by atoms with Crippen LogP contribution >= 0.6 is 0 Å². The highest BCUT2D eigenvalue weighted by atomic mass is 16.4. The van der Waals surface area contributed by atoms with Gasteiger partial charge >= 0.3 is 0 Å². The van der Waals surface area contributed by atoms with E-state index in [1.807, 2.05) is 0 Å². The molecule has 0 aliphatic heterocycles. The fourth-order valence-electron chi connectivity index (χ4n) is 4.02. The molecule has 116 valence electrons. The Morgan fingerprint density at radius 2 is 1.64 bits per heavy atom. The van der Waals surface area contributed by atoms with E-state index in [9.17, 15) is 19.5 Å². The highest BCUT2D eigenvalue weighted by Crippen LogP contribution is 2.52. The highest BCUT2D eigenvalue weighted by Gasteiger charge is 2.51. The molecule has 0 aromatic heterocycles. The van der Waals surface area contributed by atoms with Crippen molar-refractivity contribution in [1.82, 2.24) is 0 Å². The number of rotatable bonds is 4. The van der Waals surface area contributed by atoms with Crippen LogP contribution in [0.5, 0.6) is 0 Å². The van der Waals surface area contributed by atoms with Crippen molar-refractivity contribution in [2.75, 3.05) is 5.32 Å². The fraction of sp³-hybridized carbons (Fsp3) is 0.471. The van der Waals surface area contributed by atoms with Crippen LogP contribution in [0.15, 0.2) is 24.3 Å². The van der Waals surface area contributed by atoms with Crippen molar-refractivity contribution in [3.05, 3.63) is 29.8 Å². The van der Waals surface area contributed by atoms with E-state index in [0.717, 1.165) is 19.3 Å². The number of carboxylic acid groups (broad SMARTS) is 1. The Kier molecular flexibility index (Phi) is 3.72. The molecular formula is C17H18NO4-. The van der Waals surface area contributed by atoms with Crippen LogP contribution in [-0.4, -0.2) is 17.7 Å². The zero-order valence-corrected chi connectivity index (χ0v) is 12.4. The van der Waals surface area contributed by atoms with Crippen molar-refractivity contribution in [3.63, 3.8) is 0 Å². The lowest BCUT2D eigenvalue weighted by molar-refractivity contribution is -0.314. The van der Waals surface area contributed by atoms with Gasteiger partial charge in [-0.15, -0.1) is 0 Å². The van der Waals surface area contributed by atoms with Crippen LogP contribution in [0.25, 0.3) is 0 Å². The van der Waals surface area contributed by atoms with E-state index in [4.69, 9.17) is 0 Å². The van der Waals surface area contributed by atoms with E-state index in [2.05, 4.69) is 5.32 Å². The Hall–Kier alpha value is -2.17. The Labute approximate surface area is 128 Å². The standard InChI is InChI=1S/C17H19NO4/c1-9(19)10-4-6-13(7-5-10)18-16(20)14-11-2-3-12(8-11)15(14)17(21)22/h4-7,11-12,14-15H,2-3,8H2,1H3,(H,18,20)(H,21,22)/p-1/t11-,12-,14-,15+/m0/s1. The number of carbonyl (C=O) groups is 3. The first kappa shape index (κ1) is 14.8. The molecule has 1 amide bonds. The summed E-state index contributed by atoms with van der Waals surface area (Å²) < 4.78 is 0. The molecule has 1 aromatic rings. The van der Waals surface area contributed by atoms with Crippen LogP contribution in [0, 0.1) is 23.7 Å². The number of anilines is 1. The van der Waals surface area contributed by atoms with E-state index in [-0.39, 0.29) is 23.5 Å². The topological polar surface area (TPSA) is 86.3 Å². The predicted molar refractivity (Wildman–Crippen MR) is 77.9 cm³/mol. The molecule has 4 atom stereocenters. The van der Waals surface area contributed by atoms with Gasteiger partial charge < -0.3 is 15.2 Å². The van der Waals surface area contributed by atoms with Gasteiger partial charge in [0.15, 0.2) is 5.78 Å². The van der Waals surface area contributed by atoms with Crippen molar-refractivity contribution >= 4 is 23.3 Å². The third-order valence-corrected chi connectivity index (χ3v) is 5.05. The maximum absolute atomic E-state index is 12.5. The molecule has 5 nitrogen and oxygen atoms in total. The van der Waals surface area contributed by atoms with E-state index < -0.39 is 17.8 Å². The predicted octanol–water partition coefficient (Wildman–Crippen LogP) is 1.24. The van der Waals surface area contributed by atoms with E-state index in [1.165, 1.54) is 6.92 Å². The van der Waals surface area contributed by atoms with Crippen molar-refractivity contribution < 1.29 is 19.5 Å². The first-order valence-electron chi connectivity index (χ1n) is 7.60. The second-order valence-electron chi connectivity index (χ2n) is 6.33. The SMILES string of the molecule is CC(=O)c1ccc(NC(=O)[C@H]2[C@H]3CC[C@@H](C3)[C@H]2C(=O)[O-])cc1. The molecule has 0 unspecified atom stereocenters. The smallest absolute Gasteiger partial charge is 0.228 e. The van der Waals surface area contributed by atoms with Crippen molar-refractivity contribution in [3.8, 4) is 0 Å². The number of nitrogens with one attached hydrogen (secondary N) is 1. The first-order valence-corrected chi connectivity index (χ1v) is 7.60. The number of amides is 1. The number of hydrogen-bond acceptors (Lipinski definition) is 4. The van der Waals surface area contributed by atoms with Gasteiger partial charge in [0, 0.05) is 29.1 Å². The first-order chi connectivity index (χ1) is 10.5. The van der Waals surface area contributed by atoms with Crippen LogP contribution < -0.4 is 10.4 Å². The van der Waals surface area contributed by atoms with Gasteiger partial charge in [0.2, 0.25) is 5.91 Å². The molecule has 22 heavy (non-hydrogen) atoms. The second kappa shape index (κ2) is 5.55. The summed E-state index contributed by atoms with van der Waals surface area (Å²) in [5.74, 6) is -2.36. The van der Waals surface area contributed by atoms with Crippen LogP contribution in [-0.2, 0) is 9.59 Å². The summed E-state index contributed by atoms with van der Waals surface area (Å²) in [6, 6.07) is 6.62. The number of benzene rings is 1. The minimum atomic E-state index is -1.11. The lowest BCUT2D eigenvalue weighted by Crippen LogP contribution is -2.43. The molecule has 2 saturated carbocycles. The molecule has 2 bridgehead atoms. The van der Waals surface area contributed by atoms with Crippen LogP contribution in [0.4, 0.5) is 5.69 Å². The molecule has 0 spiro atoms. The molecule has 0 saturated heterocycles. The zero-order chi connectivity index (χ0) is 15.9. The van der Waals surface area contributed by atoms with Crippen molar-refractivity contribution in [2.45, 2.75) is 26.2 Å². The van der Waals surface area contributed by atoms with Gasteiger partial charge in [-0.1, -0.05) is 0 Å². The number of carbonyl (C=O) groups excluding carboxylic acids is 3. The van der Waals surface area contributed by atoms with Crippen LogP contribution in [0.3, 0.4) is 0 Å². The molecular weight excluding hydrogens is 282 g/mol. The summed E-state index contributed by atoms with van der Waals surface area (Å²) >= 11 is 0.